The van der Waals surface area contributed by atoms with E-state index in [-0.39, 0.29) is 16.8 Å². The Morgan fingerprint density at radius 2 is 1.94 bits per heavy atom. The zero-order valence-electron chi connectivity index (χ0n) is 19.9. The normalized spacial score (nSPS) is 15.5. The number of hydrogen-bond acceptors (Lipinski definition) is 8. The van der Waals surface area contributed by atoms with Crippen LogP contribution in [0.1, 0.15) is 22.5 Å². The molecule has 0 aliphatic carbocycles. The summed E-state index contributed by atoms with van der Waals surface area (Å²) >= 11 is 1.48. The fourth-order valence-electron chi connectivity index (χ4n) is 4.43. The molecule has 35 heavy (non-hydrogen) atoms. The maximum absolute atomic E-state index is 13.3. The molecule has 1 aliphatic heterocycles. The Balaban J connectivity index is 1.45. The number of likely N-dealkylation sites (tertiary alicyclic amines) is 1. The quantitative estimate of drug-likeness (QED) is 0.432. The maximum atomic E-state index is 13.3. The first-order valence-corrected chi connectivity index (χ1v) is 14.1. The maximum Gasteiger partial charge on any atom is 0.263 e. The van der Waals surface area contributed by atoms with Crippen LogP contribution in [0, 0.1) is 0 Å². The number of hydrogen-bond donors (Lipinski definition) is 1. The van der Waals surface area contributed by atoms with Gasteiger partial charge in [0.15, 0.2) is 9.84 Å². The van der Waals surface area contributed by atoms with Crippen LogP contribution < -0.4 is 5.32 Å². The number of carbonyl (C=O) groups excluding carboxylic acids is 1. The van der Waals surface area contributed by atoms with Gasteiger partial charge >= 0.3 is 0 Å². The largest absolute Gasteiger partial charge is 0.338 e. The second-order valence-corrected chi connectivity index (χ2v) is 12.2. The van der Waals surface area contributed by atoms with Crippen molar-refractivity contribution in [3.05, 3.63) is 53.5 Å². The summed E-state index contributed by atoms with van der Waals surface area (Å²) < 4.78 is 24.8. The Hall–Kier alpha value is -3.08. The van der Waals surface area contributed by atoms with Gasteiger partial charge in [0.05, 0.1) is 15.3 Å². The molecule has 5 rings (SSSR count). The molecule has 2 aromatic heterocycles. The van der Waals surface area contributed by atoms with Crippen molar-refractivity contribution in [2.45, 2.75) is 23.8 Å². The summed E-state index contributed by atoms with van der Waals surface area (Å²) in [7, 11) is 0.690. The summed E-state index contributed by atoms with van der Waals surface area (Å²) in [5.74, 6) is 0.400. The van der Waals surface area contributed by atoms with E-state index in [0.717, 1.165) is 46.9 Å². The van der Waals surface area contributed by atoms with Crippen molar-refractivity contribution in [3.63, 3.8) is 0 Å². The highest BCUT2D eigenvalue weighted by Gasteiger charge is 2.26. The van der Waals surface area contributed by atoms with Gasteiger partial charge in [0.25, 0.3) is 5.91 Å². The van der Waals surface area contributed by atoms with Crippen LogP contribution >= 0.6 is 11.3 Å². The monoisotopic (exact) mass is 509 g/mol. The van der Waals surface area contributed by atoms with Crippen LogP contribution in [0.25, 0.3) is 21.0 Å². The van der Waals surface area contributed by atoms with E-state index < -0.39 is 9.84 Å². The molecule has 1 fully saturated rings. The number of fused-ring (bicyclic) bond motifs is 3. The minimum atomic E-state index is -3.32. The van der Waals surface area contributed by atoms with Crippen molar-refractivity contribution in [2.24, 2.45) is 0 Å². The number of rotatable bonds is 5. The van der Waals surface area contributed by atoms with Gasteiger partial charge < -0.3 is 15.1 Å². The average molecular weight is 510 g/mol. The fraction of sp³-hybridized carbons (Fsp3) is 0.320. The molecule has 0 bridgehead atoms. The highest BCUT2D eigenvalue weighted by molar-refractivity contribution is 7.90. The zero-order chi connectivity index (χ0) is 24.7. The van der Waals surface area contributed by atoms with Crippen LogP contribution in [0.4, 0.5) is 11.6 Å². The first kappa shape index (κ1) is 23.7. The zero-order valence-corrected chi connectivity index (χ0v) is 21.5. The van der Waals surface area contributed by atoms with Crippen molar-refractivity contribution in [1.82, 2.24) is 19.8 Å². The van der Waals surface area contributed by atoms with E-state index in [1.54, 1.807) is 30.5 Å². The molecule has 0 atom stereocenters. The molecule has 0 radical (unpaired) electrons. The van der Waals surface area contributed by atoms with Crippen LogP contribution in [0.2, 0.25) is 0 Å². The van der Waals surface area contributed by atoms with Crippen molar-refractivity contribution in [2.75, 3.05) is 38.8 Å². The summed E-state index contributed by atoms with van der Waals surface area (Å²) in [6.45, 7) is 2.00. The van der Waals surface area contributed by atoms with Crippen molar-refractivity contribution in [3.8, 4) is 0 Å². The fourth-order valence-corrected chi connectivity index (χ4v) is 6.14. The topological polar surface area (TPSA) is 95.5 Å². The van der Waals surface area contributed by atoms with E-state index in [2.05, 4.69) is 22.2 Å². The number of nitrogens with one attached hydrogen (secondary N) is 1. The number of piperidine rings is 1. The Morgan fingerprint density at radius 3 is 2.69 bits per heavy atom. The second-order valence-electron chi connectivity index (χ2n) is 9.09. The van der Waals surface area contributed by atoms with Gasteiger partial charge in [0, 0.05) is 46.7 Å². The summed E-state index contributed by atoms with van der Waals surface area (Å²) in [6.07, 6.45) is 4.87. The molecule has 8 nitrogen and oxygen atoms in total. The number of aromatic nitrogens is 2. The molecule has 10 heteroatoms. The third-order valence-corrected chi connectivity index (χ3v) is 8.73. The van der Waals surface area contributed by atoms with E-state index in [4.69, 9.17) is 4.98 Å². The smallest absolute Gasteiger partial charge is 0.263 e. The lowest BCUT2D eigenvalue weighted by Gasteiger charge is -2.34. The van der Waals surface area contributed by atoms with Crippen molar-refractivity contribution in [1.29, 1.82) is 0 Å². The number of nitrogens with zero attached hydrogens (tertiary/aromatic N) is 4. The predicted octanol–water partition coefficient (Wildman–Crippen LogP) is 4.16. The van der Waals surface area contributed by atoms with Crippen LogP contribution in [-0.2, 0) is 9.84 Å². The first-order valence-electron chi connectivity index (χ1n) is 11.4. The molecule has 1 N–H and O–H groups in total. The molecule has 2 aromatic carbocycles. The van der Waals surface area contributed by atoms with E-state index in [9.17, 15) is 13.2 Å². The van der Waals surface area contributed by atoms with Gasteiger partial charge in [-0.3, -0.25) is 4.79 Å². The van der Waals surface area contributed by atoms with E-state index in [0.29, 0.717) is 16.5 Å². The molecular formula is C25H27N5O3S2. The lowest BCUT2D eigenvalue weighted by Crippen LogP contribution is -2.44. The van der Waals surface area contributed by atoms with E-state index in [1.807, 2.05) is 30.1 Å². The molecule has 1 saturated heterocycles. The number of sulfone groups is 1. The molecule has 3 heterocycles. The van der Waals surface area contributed by atoms with E-state index >= 15 is 0 Å². The minimum absolute atomic E-state index is 0.0406. The van der Waals surface area contributed by atoms with Crippen LogP contribution in [0.3, 0.4) is 0 Å². The molecule has 0 unspecified atom stereocenters. The Morgan fingerprint density at radius 1 is 1.17 bits per heavy atom. The Kier molecular flexibility index (Phi) is 6.20. The number of anilines is 2. The van der Waals surface area contributed by atoms with Gasteiger partial charge in [-0.1, -0.05) is 6.07 Å². The molecule has 4 aromatic rings. The van der Waals surface area contributed by atoms with Crippen molar-refractivity contribution < 1.29 is 13.2 Å². The van der Waals surface area contributed by atoms with Gasteiger partial charge in [-0.25, -0.2) is 18.4 Å². The highest BCUT2D eigenvalue weighted by Crippen LogP contribution is 2.33. The standard InChI is InChI=1S/C25H27N5O3S2/c1-29-11-9-18(10-12-29)30(2)24(31)22-14-20-21(34-22)8-7-16-15-26-25(28-23(16)20)27-17-5-4-6-19(13-17)35(3,32)33/h4-8,13-15,18H,9-12H2,1-3H3,(H,26,27,28). The van der Waals surface area contributed by atoms with Crippen LogP contribution in [-0.4, -0.2) is 73.6 Å². The molecule has 1 aliphatic rings. The highest BCUT2D eigenvalue weighted by atomic mass is 32.2. The summed E-state index contributed by atoms with van der Waals surface area (Å²) in [6, 6.07) is 12.7. The summed E-state index contributed by atoms with van der Waals surface area (Å²) in [4.78, 5) is 27.5. The SMILES string of the molecule is CN1CCC(N(C)C(=O)c2cc3c(ccc4cnc(Nc5cccc(S(C)(=O)=O)c5)nc43)s2)CC1. The number of amides is 1. The number of thiophene rings is 1. The third kappa shape index (κ3) is 4.86. The second kappa shape index (κ2) is 9.18. The third-order valence-electron chi connectivity index (χ3n) is 6.53. The van der Waals surface area contributed by atoms with Gasteiger partial charge in [0.1, 0.15) is 0 Å². The van der Waals surface area contributed by atoms with Gasteiger partial charge in [0.2, 0.25) is 5.95 Å². The number of carbonyl (C=O) groups is 1. The minimum Gasteiger partial charge on any atom is -0.338 e. The predicted molar refractivity (Wildman–Crippen MR) is 140 cm³/mol. The summed E-state index contributed by atoms with van der Waals surface area (Å²) in [5, 5.41) is 4.88. The number of benzene rings is 2. The molecular weight excluding hydrogens is 482 g/mol. The van der Waals surface area contributed by atoms with Gasteiger partial charge in [-0.05, 0) is 69.4 Å². The van der Waals surface area contributed by atoms with Crippen LogP contribution in [0.15, 0.2) is 53.6 Å². The molecule has 1 amide bonds. The molecule has 0 saturated carbocycles. The van der Waals surface area contributed by atoms with Crippen LogP contribution in [0.5, 0.6) is 0 Å². The average Bonchev–Trinajstić information content (AvgIpc) is 3.28. The summed E-state index contributed by atoms with van der Waals surface area (Å²) in [5.41, 5.74) is 1.33. The Labute approximate surface area is 208 Å². The first-order chi connectivity index (χ1) is 16.7. The van der Waals surface area contributed by atoms with Gasteiger partial charge in [-0.15, -0.1) is 11.3 Å². The van der Waals surface area contributed by atoms with E-state index in [1.165, 1.54) is 17.6 Å². The lowest BCUT2D eigenvalue weighted by molar-refractivity contribution is 0.0664. The van der Waals surface area contributed by atoms with Crippen molar-refractivity contribution >= 4 is 59.7 Å². The van der Waals surface area contributed by atoms with Gasteiger partial charge in [-0.2, -0.15) is 0 Å². The molecule has 0 spiro atoms. The Bertz CT molecular complexity index is 1520. The molecule has 182 valence electrons. The lowest BCUT2D eigenvalue weighted by atomic mass is 10.0.